The molecule has 0 amide bonds. The molecule has 0 unspecified atom stereocenters. The molecule has 26 heavy (non-hydrogen) atoms. The SMILES string of the molecule is Cc1cc(-c2c3ccc(=N)cc-3oc3cc(N(C)C)ccc23)ccc1F. The summed E-state index contributed by atoms with van der Waals surface area (Å²) in [5.74, 6) is 0.434. The number of halogens is 1. The molecular weight excluding hydrogens is 327 g/mol. The lowest BCUT2D eigenvalue weighted by molar-refractivity contribution is 0.618. The molecule has 2 aromatic rings. The fourth-order valence-electron chi connectivity index (χ4n) is 3.27. The van der Waals surface area contributed by atoms with Gasteiger partial charge >= 0.3 is 0 Å². The van der Waals surface area contributed by atoms with Crippen molar-refractivity contribution >= 4 is 16.7 Å². The number of aryl methyl sites for hydroxylation is 1. The number of nitrogens with one attached hydrogen (secondary N) is 1. The zero-order valence-electron chi connectivity index (χ0n) is 14.9. The van der Waals surface area contributed by atoms with Gasteiger partial charge in [-0.1, -0.05) is 6.07 Å². The molecule has 0 bridgehead atoms. The highest BCUT2D eigenvalue weighted by atomic mass is 19.1. The molecule has 0 saturated carbocycles. The van der Waals surface area contributed by atoms with Crippen LogP contribution in [0.25, 0.3) is 33.4 Å². The van der Waals surface area contributed by atoms with Crippen molar-refractivity contribution in [2.75, 3.05) is 19.0 Å². The van der Waals surface area contributed by atoms with Crippen molar-refractivity contribution in [3.8, 4) is 22.5 Å². The van der Waals surface area contributed by atoms with E-state index in [0.717, 1.165) is 33.3 Å². The van der Waals surface area contributed by atoms with Crippen LogP contribution < -0.4 is 10.3 Å². The standard InChI is InChI=1S/C22H19FN2O/c1-13-10-14(4-9-19(13)23)22-17-7-5-15(24)11-20(17)26-21-12-16(25(2)3)6-8-18(21)22/h4-12,24H,1-3H3. The molecular formula is C22H19FN2O. The summed E-state index contributed by atoms with van der Waals surface area (Å²) >= 11 is 0. The summed E-state index contributed by atoms with van der Waals surface area (Å²) in [5.41, 5.74) is 5.22. The van der Waals surface area contributed by atoms with Gasteiger partial charge in [-0.3, -0.25) is 0 Å². The van der Waals surface area contributed by atoms with Crippen LogP contribution in [-0.4, -0.2) is 14.1 Å². The van der Waals surface area contributed by atoms with Crippen LogP contribution in [0.2, 0.25) is 0 Å². The minimum absolute atomic E-state index is 0.216. The second-order valence-corrected chi connectivity index (χ2v) is 6.73. The van der Waals surface area contributed by atoms with Gasteiger partial charge in [-0.25, -0.2) is 4.39 Å². The zero-order chi connectivity index (χ0) is 18.4. The van der Waals surface area contributed by atoms with Gasteiger partial charge < -0.3 is 14.7 Å². The molecule has 3 nitrogen and oxygen atoms in total. The number of fused-ring (bicyclic) bond motifs is 2. The van der Waals surface area contributed by atoms with Gasteiger partial charge in [-0.2, -0.15) is 0 Å². The molecule has 4 heteroatoms. The van der Waals surface area contributed by atoms with Crippen LogP contribution in [-0.2, 0) is 0 Å². The van der Waals surface area contributed by atoms with Crippen LogP contribution in [0.1, 0.15) is 5.56 Å². The van der Waals surface area contributed by atoms with Crippen LogP contribution in [0.4, 0.5) is 10.1 Å². The van der Waals surface area contributed by atoms with Crippen LogP contribution in [0.15, 0.2) is 59.0 Å². The Hall–Kier alpha value is -3.14. The van der Waals surface area contributed by atoms with E-state index >= 15 is 0 Å². The van der Waals surface area contributed by atoms with E-state index in [4.69, 9.17) is 9.83 Å². The van der Waals surface area contributed by atoms with Crippen molar-refractivity contribution in [1.82, 2.24) is 0 Å². The highest BCUT2D eigenvalue weighted by Crippen LogP contribution is 2.40. The maximum Gasteiger partial charge on any atom is 0.137 e. The Morgan fingerprint density at radius 3 is 2.50 bits per heavy atom. The van der Waals surface area contributed by atoms with Crippen molar-refractivity contribution in [1.29, 1.82) is 5.41 Å². The minimum atomic E-state index is -0.216. The van der Waals surface area contributed by atoms with Gasteiger partial charge in [0, 0.05) is 48.4 Å². The van der Waals surface area contributed by atoms with E-state index in [9.17, 15) is 4.39 Å². The maximum atomic E-state index is 13.8. The van der Waals surface area contributed by atoms with E-state index in [1.807, 2.05) is 49.3 Å². The topological polar surface area (TPSA) is 40.2 Å². The lowest BCUT2D eigenvalue weighted by Crippen LogP contribution is -2.08. The predicted molar refractivity (Wildman–Crippen MR) is 103 cm³/mol. The van der Waals surface area contributed by atoms with E-state index in [-0.39, 0.29) is 5.82 Å². The third-order valence-corrected chi connectivity index (χ3v) is 4.67. The van der Waals surface area contributed by atoms with E-state index in [1.54, 1.807) is 25.1 Å². The number of rotatable bonds is 2. The summed E-state index contributed by atoms with van der Waals surface area (Å²) in [6.45, 7) is 1.77. The van der Waals surface area contributed by atoms with Crippen molar-refractivity contribution in [2.24, 2.45) is 0 Å². The Morgan fingerprint density at radius 2 is 1.77 bits per heavy atom. The van der Waals surface area contributed by atoms with Gasteiger partial charge in [0.25, 0.3) is 0 Å². The van der Waals surface area contributed by atoms with E-state index < -0.39 is 0 Å². The third kappa shape index (κ3) is 2.64. The van der Waals surface area contributed by atoms with Gasteiger partial charge in [0.05, 0.1) is 5.36 Å². The summed E-state index contributed by atoms with van der Waals surface area (Å²) in [6.07, 6.45) is 0. The molecule has 1 aliphatic carbocycles. The Labute approximate surface area is 151 Å². The van der Waals surface area contributed by atoms with Crippen LogP contribution in [0.3, 0.4) is 0 Å². The Morgan fingerprint density at radius 1 is 0.962 bits per heavy atom. The first-order chi connectivity index (χ1) is 12.4. The molecule has 0 fully saturated rings. The minimum Gasteiger partial charge on any atom is -0.456 e. The smallest absolute Gasteiger partial charge is 0.137 e. The number of hydrogen-bond acceptors (Lipinski definition) is 3. The van der Waals surface area contributed by atoms with Gasteiger partial charge in [0.1, 0.15) is 17.2 Å². The van der Waals surface area contributed by atoms with Crippen LogP contribution >= 0.6 is 0 Å². The van der Waals surface area contributed by atoms with Crippen molar-refractivity contribution in [3.63, 3.8) is 0 Å². The molecule has 0 radical (unpaired) electrons. The molecule has 130 valence electrons. The van der Waals surface area contributed by atoms with Gasteiger partial charge in [-0.15, -0.1) is 0 Å². The first kappa shape index (κ1) is 16.3. The zero-order valence-corrected chi connectivity index (χ0v) is 14.9. The number of nitrogens with zero attached hydrogens (tertiary/aromatic N) is 1. The van der Waals surface area contributed by atoms with Crippen molar-refractivity contribution in [2.45, 2.75) is 6.92 Å². The molecule has 2 aliphatic rings. The lowest BCUT2D eigenvalue weighted by atomic mass is 9.92. The molecule has 1 aliphatic heterocycles. The second kappa shape index (κ2) is 5.99. The molecule has 0 atom stereocenters. The van der Waals surface area contributed by atoms with E-state index in [0.29, 0.717) is 16.7 Å². The number of benzene rings is 3. The molecule has 2 aromatic carbocycles. The third-order valence-electron chi connectivity index (χ3n) is 4.67. The summed E-state index contributed by atoms with van der Waals surface area (Å²) in [7, 11) is 3.96. The second-order valence-electron chi connectivity index (χ2n) is 6.73. The Kier molecular flexibility index (Phi) is 3.76. The monoisotopic (exact) mass is 346 g/mol. The fourth-order valence-corrected chi connectivity index (χ4v) is 3.27. The van der Waals surface area contributed by atoms with Crippen LogP contribution in [0.5, 0.6) is 0 Å². The molecule has 1 N–H and O–H groups in total. The first-order valence-electron chi connectivity index (χ1n) is 8.43. The molecule has 0 saturated heterocycles. The number of anilines is 1. The number of hydrogen-bond donors (Lipinski definition) is 1. The highest BCUT2D eigenvalue weighted by molar-refractivity contribution is 6.02. The van der Waals surface area contributed by atoms with E-state index in [2.05, 4.69) is 0 Å². The van der Waals surface area contributed by atoms with Gasteiger partial charge in [0.15, 0.2) is 0 Å². The highest BCUT2D eigenvalue weighted by Gasteiger charge is 2.18. The summed E-state index contributed by atoms with van der Waals surface area (Å²) < 4.78 is 19.9. The largest absolute Gasteiger partial charge is 0.456 e. The average Bonchev–Trinajstić information content (AvgIpc) is 2.61. The quantitative estimate of drug-likeness (QED) is 0.507. The average molecular weight is 346 g/mol. The summed E-state index contributed by atoms with van der Waals surface area (Å²) in [4.78, 5) is 2.02. The lowest BCUT2D eigenvalue weighted by Gasteiger charge is -2.18. The molecule has 1 heterocycles. The summed E-state index contributed by atoms with van der Waals surface area (Å²) in [6, 6.07) is 16.6. The summed E-state index contributed by atoms with van der Waals surface area (Å²) in [5, 5.41) is 9.27. The first-order valence-corrected chi connectivity index (χ1v) is 8.43. The van der Waals surface area contributed by atoms with Crippen molar-refractivity contribution < 1.29 is 8.81 Å². The van der Waals surface area contributed by atoms with Crippen molar-refractivity contribution in [3.05, 3.63) is 71.3 Å². The predicted octanol–water partition coefficient (Wildman–Crippen LogP) is 5.20. The normalized spacial score (nSPS) is 11.2. The molecule has 4 rings (SSSR count). The van der Waals surface area contributed by atoms with Gasteiger partial charge in [-0.05, 0) is 54.4 Å². The van der Waals surface area contributed by atoms with Gasteiger partial charge in [0.2, 0.25) is 0 Å². The fraction of sp³-hybridized carbons (Fsp3) is 0.136. The Bertz CT molecular complexity index is 1160. The molecule has 0 aromatic heterocycles. The van der Waals surface area contributed by atoms with Crippen LogP contribution in [0, 0.1) is 18.2 Å². The Balaban J connectivity index is 2.13. The van der Waals surface area contributed by atoms with E-state index in [1.165, 1.54) is 6.07 Å². The maximum absolute atomic E-state index is 13.8. The molecule has 0 spiro atoms.